The van der Waals surface area contributed by atoms with Crippen LogP contribution < -0.4 is 14.8 Å². The smallest absolute Gasteiger partial charge is 0.162 e. The lowest BCUT2D eigenvalue weighted by Crippen LogP contribution is -2.14. The third kappa shape index (κ3) is 6.34. The maximum atomic E-state index is 6.24. The Bertz CT molecular complexity index is 955. The van der Waals surface area contributed by atoms with E-state index in [0.717, 1.165) is 21.3 Å². The van der Waals surface area contributed by atoms with Crippen molar-refractivity contribution in [3.63, 3.8) is 0 Å². The largest absolute Gasteiger partial charge is 0.490 e. The highest BCUT2D eigenvalue weighted by molar-refractivity contribution is 9.10. The van der Waals surface area contributed by atoms with Crippen LogP contribution in [0.5, 0.6) is 11.5 Å². The summed E-state index contributed by atoms with van der Waals surface area (Å²) in [5.41, 5.74) is 2.92. The van der Waals surface area contributed by atoms with Crippen LogP contribution in [-0.2, 0) is 19.7 Å². The molecule has 0 bridgehead atoms. The van der Waals surface area contributed by atoms with Crippen molar-refractivity contribution in [1.82, 2.24) is 10.3 Å². The third-order valence-corrected chi connectivity index (χ3v) is 5.48. The summed E-state index contributed by atoms with van der Waals surface area (Å²) in [5, 5.41) is 4.57. The standard InChI is InChI=1S/C22H21BrCl2N2O2/c1-2-28-21-9-16(12-26-13-18-5-3-4-8-27-18)19(23)11-22(21)29-14-15-6-7-17(24)10-20(15)25/h3-11,26H,2,12-14H2,1H3. The number of ether oxygens (including phenoxy) is 2. The van der Waals surface area contributed by atoms with Gasteiger partial charge in [0.15, 0.2) is 11.5 Å². The van der Waals surface area contributed by atoms with Crippen molar-refractivity contribution < 1.29 is 9.47 Å². The first-order chi connectivity index (χ1) is 14.1. The van der Waals surface area contributed by atoms with E-state index in [1.807, 2.05) is 43.3 Å². The number of benzene rings is 2. The average Bonchev–Trinajstić information content (AvgIpc) is 2.71. The van der Waals surface area contributed by atoms with Gasteiger partial charge in [0.25, 0.3) is 0 Å². The second kappa shape index (κ2) is 10.8. The van der Waals surface area contributed by atoms with Crippen LogP contribution in [0.3, 0.4) is 0 Å². The molecule has 152 valence electrons. The van der Waals surface area contributed by atoms with Crippen LogP contribution >= 0.6 is 39.1 Å². The topological polar surface area (TPSA) is 43.4 Å². The van der Waals surface area contributed by atoms with Gasteiger partial charge in [-0.15, -0.1) is 0 Å². The maximum absolute atomic E-state index is 6.24. The van der Waals surface area contributed by atoms with Crippen LogP contribution in [0.2, 0.25) is 10.0 Å². The molecule has 3 aromatic rings. The SMILES string of the molecule is CCOc1cc(CNCc2ccccn2)c(Br)cc1OCc1ccc(Cl)cc1Cl. The number of halogens is 3. The molecule has 1 heterocycles. The van der Waals surface area contributed by atoms with E-state index in [2.05, 4.69) is 26.2 Å². The molecule has 0 aliphatic rings. The monoisotopic (exact) mass is 494 g/mol. The Kier molecular flexibility index (Phi) is 8.19. The minimum atomic E-state index is 0.319. The summed E-state index contributed by atoms with van der Waals surface area (Å²) >= 11 is 15.8. The second-order valence-corrected chi connectivity index (χ2v) is 7.97. The molecule has 0 saturated heterocycles. The van der Waals surface area contributed by atoms with Gasteiger partial charge in [-0.1, -0.05) is 51.3 Å². The lowest BCUT2D eigenvalue weighted by molar-refractivity contribution is 0.269. The summed E-state index contributed by atoms with van der Waals surface area (Å²) < 4.78 is 12.7. The average molecular weight is 496 g/mol. The molecule has 0 aliphatic carbocycles. The Morgan fingerprint density at radius 2 is 1.79 bits per heavy atom. The van der Waals surface area contributed by atoms with E-state index in [9.17, 15) is 0 Å². The molecule has 0 atom stereocenters. The number of hydrogen-bond acceptors (Lipinski definition) is 4. The molecule has 0 radical (unpaired) electrons. The van der Waals surface area contributed by atoms with Crippen LogP contribution in [0.15, 0.2) is 59.2 Å². The predicted octanol–water partition coefficient (Wildman–Crippen LogP) is 6.42. The van der Waals surface area contributed by atoms with Gasteiger partial charge in [-0.3, -0.25) is 4.98 Å². The first-order valence-electron chi connectivity index (χ1n) is 9.19. The summed E-state index contributed by atoms with van der Waals surface area (Å²) in [6.07, 6.45) is 1.79. The molecular formula is C22H21BrCl2N2O2. The Hall–Kier alpha value is -1.79. The summed E-state index contributed by atoms with van der Waals surface area (Å²) in [6, 6.07) is 15.1. The molecule has 2 aromatic carbocycles. The predicted molar refractivity (Wildman–Crippen MR) is 121 cm³/mol. The van der Waals surface area contributed by atoms with Crippen molar-refractivity contribution in [2.75, 3.05) is 6.61 Å². The van der Waals surface area contributed by atoms with Crippen molar-refractivity contribution >= 4 is 39.1 Å². The van der Waals surface area contributed by atoms with Gasteiger partial charge in [0.05, 0.1) is 12.3 Å². The van der Waals surface area contributed by atoms with Gasteiger partial charge >= 0.3 is 0 Å². The molecule has 0 saturated carbocycles. The Morgan fingerprint density at radius 1 is 0.966 bits per heavy atom. The number of aromatic nitrogens is 1. The van der Waals surface area contributed by atoms with E-state index in [1.165, 1.54) is 0 Å². The maximum Gasteiger partial charge on any atom is 0.162 e. The molecule has 0 aliphatic heterocycles. The molecule has 1 aromatic heterocycles. The number of hydrogen-bond donors (Lipinski definition) is 1. The lowest BCUT2D eigenvalue weighted by atomic mass is 10.2. The first-order valence-corrected chi connectivity index (χ1v) is 10.7. The highest BCUT2D eigenvalue weighted by Gasteiger charge is 2.12. The van der Waals surface area contributed by atoms with Crippen LogP contribution in [-0.4, -0.2) is 11.6 Å². The van der Waals surface area contributed by atoms with Crippen LogP contribution in [0.1, 0.15) is 23.7 Å². The molecular weight excluding hydrogens is 475 g/mol. The van der Waals surface area contributed by atoms with E-state index in [1.54, 1.807) is 18.3 Å². The van der Waals surface area contributed by atoms with E-state index in [0.29, 0.717) is 47.8 Å². The van der Waals surface area contributed by atoms with Gasteiger partial charge in [0.1, 0.15) is 6.61 Å². The molecule has 3 rings (SSSR count). The van der Waals surface area contributed by atoms with Crippen molar-refractivity contribution in [2.24, 2.45) is 0 Å². The quantitative estimate of drug-likeness (QED) is 0.372. The summed E-state index contributed by atoms with van der Waals surface area (Å²) in [4.78, 5) is 4.32. The Labute approximate surface area is 189 Å². The number of pyridine rings is 1. The lowest BCUT2D eigenvalue weighted by Gasteiger charge is -2.16. The summed E-state index contributed by atoms with van der Waals surface area (Å²) in [5.74, 6) is 1.34. The molecule has 1 N–H and O–H groups in total. The minimum absolute atomic E-state index is 0.319. The molecule has 0 spiro atoms. The van der Waals surface area contributed by atoms with Crippen molar-refractivity contribution in [3.05, 3.63) is 86.1 Å². The fourth-order valence-corrected chi connectivity index (χ4v) is 3.64. The molecule has 0 amide bonds. The molecule has 0 fully saturated rings. The molecule has 4 nitrogen and oxygen atoms in total. The normalized spacial score (nSPS) is 10.8. The Balaban J connectivity index is 1.69. The number of nitrogens with zero attached hydrogens (tertiary/aromatic N) is 1. The van der Waals surface area contributed by atoms with Gasteiger partial charge in [-0.2, -0.15) is 0 Å². The molecule has 29 heavy (non-hydrogen) atoms. The highest BCUT2D eigenvalue weighted by atomic mass is 79.9. The zero-order chi connectivity index (χ0) is 20.6. The first kappa shape index (κ1) is 21.9. The van der Waals surface area contributed by atoms with E-state index >= 15 is 0 Å². The summed E-state index contributed by atoms with van der Waals surface area (Å²) in [6.45, 7) is 4.16. The third-order valence-electron chi connectivity index (χ3n) is 4.16. The van der Waals surface area contributed by atoms with Crippen molar-refractivity contribution in [1.29, 1.82) is 0 Å². The van der Waals surface area contributed by atoms with E-state index in [4.69, 9.17) is 32.7 Å². The van der Waals surface area contributed by atoms with Gasteiger partial charge < -0.3 is 14.8 Å². The van der Waals surface area contributed by atoms with E-state index in [-0.39, 0.29) is 0 Å². The van der Waals surface area contributed by atoms with Crippen LogP contribution in [0.25, 0.3) is 0 Å². The Morgan fingerprint density at radius 3 is 2.52 bits per heavy atom. The number of rotatable bonds is 9. The van der Waals surface area contributed by atoms with Gasteiger partial charge in [-0.05, 0) is 48.9 Å². The van der Waals surface area contributed by atoms with Crippen molar-refractivity contribution in [3.8, 4) is 11.5 Å². The van der Waals surface area contributed by atoms with Crippen LogP contribution in [0.4, 0.5) is 0 Å². The van der Waals surface area contributed by atoms with E-state index < -0.39 is 0 Å². The molecule has 0 unspecified atom stereocenters. The minimum Gasteiger partial charge on any atom is -0.490 e. The van der Waals surface area contributed by atoms with Crippen molar-refractivity contribution in [2.45, 2.75) is 26.6 Å². The highest BCUT2D eigenvalue weighted by Crippen LogP contribution is 2.35. The second-order valence-electron chi connectivity index (χ2n) is 6.27. The van der Waals surface area contributed by atoms with Gasteiger partial charge in [-0.25, -0.2) is 0 Å². The fraction of sp³-hybridized carbons (Fsp3) is 0.227. The van der Waals surface area contributed by atoms with Gasteiger partial charge in [0, 0.05) is 39.4 Å². The van der Waals surface area contributed by atoms with Gasteiger partial charge in [0.2, 0.25) is 0 Å². The summed E-state index contributed by atoms with van der Waals surface area (Å²) in [7, 11) is 0. The fourth-order valence-electron chi connectivity index (χ4n) is 2.72. The zero-order valence-corrected chi connectivity index (χ0v) is 19.0. The van der Waals surface area contributed by atoms with Crippen LogP contribution in [0, 0.1) is 0 Å². The molecule has 7 heteroatoms. The number of nitrogens with one attached hydrogen (secondary N) is 1. The zero-order valence-electron chi connectivity index (χ0n) is 15.9.